The van der Waals surface area contributed by atoms with E-state index in [0.29, 0.717) is 35.5 Å². The summed E-state index contributed by atoms with van der Waals surface area (Å²) < 4.78 is 15.8. The second-order valence-electron chi connectivity index (χ2n) is 4.83. The zero-order valence-electron chi connectivity index (χ0n) is 11.5. The number of nitrogens with zero attached hydrogens (tertiary/aromatic N) is 4. The quantitative estimate of drug-likeness (QED) is 0.738. The molecule has 0 radical (unpaired) electrons. The summed E-state index contributed by atoms with van der Waals surface area (Å²) in [4.78, 5) is 8.89. The Morgan fingerprint density at radius 2 is 2.14 bits per heavy atom. The van der Waals surface area contributed by atoms with Crippen LogP contribution in [0.3, 0.4) is 0 Å². The molecule has 0 unspecified atom stereocenters. The summed E-state index contributed by atoms with van der Waals surface area (Å²) >= 11 is 0. The van der Waals surface area contributed by atoms with Gasteiger partial charge in [-0.15, -0.1) is 0 Å². The summed E-state index contributed by atoms with van der Waals surface area (Å²) in [6.07, 6.45) is 2.07. The van der Waals surface area contributed by atoms with Gasteiger partial charge in [0.1, 0.15) is 17.2 Å². The van der Waals surface area contributed by atoms with E-state index in [1.807, 2.05) is 13.0 Å². The predicted molar refractivity (Wildman–Crippen MR) is 77.9 cm³/mol. The lowest BCUT2D eigenvalue weighted by molar-refractivity contribution is 0.626. The third-order valence-electron chi connectivity index (χ3n) is 3.28. The summed E-state index contributed by atoms with van der Waals surface area (Å²) in [5.41, 5.74) is 2.80. The minimum Gasteiger partial charge on any atom is -0.308 e. The molecule has 1 aromatic carbocycles. The molecule has 21 heavy (non-hydrogen) atoms. The number of hydrogen-bond donors (Lipinski definition) is 0. The molecule has 104 valence electrons. The van der Waals surface area contributed by atoms with Crippen LogP contribution in [0.25, 0.3) is 22.6 Å². The minimum absolute atomic E-state index is 0.322. The number of benzene rings is 1. The second-order valence-corrected chi connectivity index (χ2v) is 4.83. The molecule has 5 heteroatoms. The predicted octanol–water partition coefficient (Wildman–Crippen LogP) is 3.46. The molecule has 2 heterocycles. The van der Waals surface area contributed by atoms with E-state index in [1.54, 1.807) is 29.0 Å². The topological polar surface area (TPSA) is 54.5 Å². The summed E-state index contributed by atoms with van der Waals surface area (Å²) in [5, 5.41) is 8.82. The zero-order valence-corrected chi connectivity index (χ0v) is 11.5. The van der Waals surface area contributed by atoms with Gasteiger partial charge in [0.25, 0.3) is 0 Å². The van der Waals surface area contributed by atoms with E-state index in [1.165, 1.54) is 6.07 Å². The maximum absolute atomic E-state index is 14.0. The number of nitriles is 1. The number of hydrogen-bond acceptors (Lipinski definition) is 3. The van der Waals surface area contributed by atoms with Gasteiger partial charge in [0.2, 0.25) is 0 Å². The molecule has 0 spiro atoms. The van der Waals surface area contributed by atoms with E-state index >= 15 is 0 Å². The standard InChI is InChI=1S/C16H13FN4/c1-11-9-14-16(19-10-11)21(8-4-7-18)15(20-14)12-5-2-3-6-13(12)17/h2-3,5-6,9-10H,4,8H2,1H3. The van der Waals surface area contributed by atoms with Crippen molar-refractivity contribution in [2.24, 2.45) is 0 Å². The maximum Gasteiger partial charge on any atom is 0.160 e. The van der Waals surface area contributed by atoms with E-state index < -0.39 is 0 Å². The van der Waals surface area contributed by atoms with Crippen molar-refractivity contribution in [3.05, 3.63) is 47.9 Å². The summed E-state index contributed by atoms with van der Waals surface area (Å²) in [5.74, 6) is 0.180. The van der Waals surface area contributed by atoms with E-state index in [0.717, 1.165) is 5.56 Å². The van der Waals surface area contributed by atoms with Gasteiger partial charge in [-0.3, -0.25) is 0 Å². The molecule has 0 bridgehead atoms. The molecule has 0 atom stereocenters. The first kappa shape index (κ1) is 13.3. The second kappa shape index (κ2) is 5.33. The Hall–Kier alpha value is -2.74. The molecule has 0 amide bonds. The van der Waals surface area contributed by atoms with Crippen LogP contribution in [0.15, 0.2) is 36.5 Å². The van der Waals surface area contributed by atoms with Crippen LogP contribution in [0.5, 0.6) is 0 Å². The largest absolute Gasteiger partial charge is 0.308 e. The first-order valence-corrected chi connectivity index (χ1v) is 6.65. The summed E-state index contributed by atoms with van der Waals surface area (Å²) in [6.45, 7) is 2.37. The van der Waals surface area contributed by atoms with Crippen molar-refractivity contribution >= 4 is 11.2 Å². The maximum atomic E-state index is 14.0. The lowest BCUT2D eigenvalue weighted by Gasteiger charge is -2.07. The Bertz CT molecular complexity index is 845. The molecule has 0 aliphatic carbocycles. The monoisotopic (exact) mass is 280 g/mol. The average Bonchev–Trinajstić information content (AvgIpc) is 2.83. The lowest BCUT2D eigenvalue weighted by Crippen LogP contribution is -2.02. The summed E-state index contributed by atoms with van der Waals surface area (Å²) in [6, 6.07) is 10.5. The van der Waals surface area contributed by atoms with Gasteiger partial charge in [0.15, 0.2) is 5.65 Å². The van der Waals surface area contributed by atoms with Crippen LogP contribution in [-0.2, 0) is 6.54 Å². The van der Waals surface area contributed by atoms with Gasteiger partial charge in [-0.2, -0.15) is 5.26 Å². The Labute approximate surface area is 121 Å². The highest BCUT2D eigenvalue weighted by Gasteiger charge is 2.16. The van der Waals surface area contributed by atoms with Crippen LogP contribution in [0.2, 0.25) is 0 Å². The molecule has 3 rings (SSSR count). The first-order chi connectivity index (χ1) is 10.2. The number of rotatable bonds is 3. The van der Waals surface area contributed by atoms with Crippen molar-refractivity contribution in [2.45, 2.75) is 19.9 Å². The molecule has 2 aromatic heterocycles. The number of halogens is 1. The van der Waals surface area contributed by atoms with E-state index in [9.17, 15) is 4.39 Å². The molecule has 0 N–H and O–H groups in total. The van der Waals surface area contributed by atoms with E-state index in [2.05, 4.69) is 16.0 Å². The van der Waals surface area contributed by atoms with Crippen LogP contribution >= 0.6 is 0 Å². The third-order valence-corrected chi connectivity index (χ3v) is 3.28. The van der Waals surface area contributed by atoms with E-state index in [4.69, 9.17) is 5.26 Å². The van der Waals surface area contributed by atoms with Crippen molar-refractivity contribution in [3.8, 4) is 17.5 Å². The fraction of sp³-hybridized carbons (Fsp3) is 0.188. The van der Waals surface area contributed by atoms with Crippen LogP contribution in [-0.4, -0.2) is 14.5 Å². The third kappa shape index (κ3) is 2.36. The molecule has 0 aliphatic rings. The van der Waals surface area contributed by atoms with Gasteiger partial charge in [-0.1, -0.05) is 12.1 Å². The Balaban J connectivity index is 2.26. The van der Waals surface area contributed by atoms with Crippen LogP contribution in [0.1, 0.15) is 12.0 Å². The smallest absolute Gasteiger partial charge is 0.160 e. The molecule has 3 aromatic rings. The fourth-order valence-corrected chi connectivity index (χ4v) is 2.33. The van der Waals surface area contributed by atoms with Crippen molar-refractivity contribution in [3.63, 3.8) is 0 Å². The highest BCUT2D eigenvalue weighted by Crippen LogP contribution is 2.26. The number of fused-ring (bicyclic) bond motifs is 1. The molecule has 0 saturated heterocycles. The lowest BCUT2D eigenvalue weighted by atomic mass is 10.2. The zero-order chi connectivity index (χ0) is 14.8. The SMILES string of the molecule is Cc1cnc2c(c1)nc(-c1ccccc1F)n2CCC#N. The number of aromatic nitrogens is 3. The number of imidazole rings is 1. The number of pyridine rings is 1. The van der Waals surface area contributed by atoms with Crippen molar-refractivity contribution in [1.82, 2.24) is 14.5 Å². The molecule has 4 nitrogen and oxygen atoms in total. The van der Waals surface area contributed by atoms with E-state index in [-0.39, 0.29) is 5.82 Å². The van der Waals surface area contributed by atoms with Crippen molar-refractivity contribution in [2.75, 3.05) is 0 Å². The molecule has 0 saturated carbocycles. The minimum atomic E-state index is -0.331. The van der Waals surface area contributed by atoms with Gasteiger partial charge in [-0.25, -0.2) is 14.4 Å². The molecule has 0 aliphatic heterocycles. The fourth-order valence-electron chi connectivity index (χ4n) is 2.33. The highest BCUT2D eigenvalue weighted by molar-refractivity contribution is 5.77. The Morgan fingerprint density at radius 3 is 2.90 bits per heavy atom. The number of aryl methyl sites for hydroxylation is 2. The molecule has 0 fully saturated rings. The van der Waals surface area contributed by atoms with Crippen LogP contribution < -0.4 is 0 Å². The van der Waals surface area contributed by atoms with Gasteiger partial charge in [-0.05, 0) is 30.7 Å². The van der Waals surface area contributed by atoms with Crippen molar-refractivity contribution < 1.29 is 4.39 Å². The van der Waals surface area contributed by atoms with Crippen LogP contribution in [0, 0.1) is 24.1 Å². The highest BCUT2D eigenvalue weighted by atomic mass is 19.1. The molecular weight excluding hydrogens is 267 g/mol. The molecular formula is C16H13FN4. The van der Waals surface area contributed by atoms with Crippen LogP contribution in [0.4, 0.5) is 4.39 Å². The first-order valence-electron chi connectivity index (χ1n) is 6.65. The Morgan fingerprint density at radius 1 is 1.33 bits per heavy atom. The normalized spacial score (nSPS) is 10.7. The van der Waals surface area contributed by atoms with Crippen molar-refractivity contribution in [1.29, 1.82) is 5.26 Å². The van der Waals surface area contributed by atoms with Gasteiger partial charge in [0, 0.05) is 12.7 Å². The summed E-state index contributed by atoms with van der Waals surface area (Å²) in [7, 11) is 0. The van der Waals surface area contributed by atoms with Gasteiger partial charge >= 0.3 is 0 Å². The van der Waals surface area contributed by atoms with Gasteiger partial charge < -0.3 is 4.57 Å². The van der Waals surface area contributed by atoms with Gasteiger partial charge in [0.05, 0.1) is 18.1 Å². The average molecular weight is 280 g/mol. The Kier molecular flexibility index (Phi) is 3.36.